The summed E-state index contributed by atoms with van der Waals surface area (Å²) in [7, 11) is -1.33. The molecule has 2 aromatic carbocycles. The Labute approximate surface area is 346 Å². The molecule has 0 aliphatic carbocycles. The Hall–Kier alpha value is -4.84. The Morgan fingerprint density at radius 2 is 1.39 bits per heavy atom. The Kier molecular flexibility index (Phi) is 17.0. The lowest BCUT2D eigenvalue weighted by Crippen LogP contribution is -2.50. The number of benzene rings is 2. The Balaban J connectivity index is 1.35. The number of amides is 4. The van der Waals surface area contributed by atoms with Gasteiger partial charge in [0, 0.05) is 38.6 Å². The summed E-state index contributed by atoms with van der Waals surface area (Å²) in [6.07, 6.45) is 4.32. The van der Waals surface area contributed by atoms with Gasteiger partial charge < -0.3 is 44.5 Å². The predicted octanol–water partition coefficient (Wildman–Crippen LogP) is 4.51. The minimum absolute atomic E-state index is 0.0262. The van der Waals surface area contributed by atoms with Crippen molar-refractivity contribution in [2.45, 2.75) is 95.6 Å². The molecule has 2 aromatic rings. The van der Waals surface area contributed by atoms with Crippen molar-refractivity contribution >= 4 is 50.8 Å². The largest absolute Gasteiger partial charge is 0.493 e. The smallest absolute Gasteiger partial charge is 0.410 e. The van der Waals surface area contributed by atoms with Crippen molar-refractivity contribution in [1.29, 1.82) is 0 Å². The molecule has 18 heteroatoms. The average molecular weight is 848 g/mol. The van der Waals surface area contributed by atoms with Gasteiger partial charge in [-0.15, -0.1) is 0 Å². The minimum atomic E-state index is -4.29. The average Bonchev–Trinajstić information content (AvgIpc) is 3.20. The van der Waals surface area contributed by atoms with Gasteiger partial charge in [-0.1, -0.05) is 6.07 Å². The number of piperidine rings is 2. The maximum absolute atomic E-state index is 13.6. The fourth-order valence-electron chi connectivity index (χ4n) is 7.41. The van der Waals surface area contributed by atoms with Crippen molar-refractivity contribution in [2.75, 3.05) is 60.1 Å². The quantitative estimate of drug-likeness (QED) is 0.152. The molecule has 1 unspecified atom stereocenters. The molecule has 0 saturated carbocycles. The monoisotopic (exact) mass is 847 g/mol. The fraction of sp³-hybridized carbons (Fsp3) is 0.634. The fourth-order valence-corrected chi connectivity index (χ4v) is 8.63. The maximum atomic E-state index is 13.6. The highest BCUT2D eigenvalue weighted by molar-refractivity contribution is 7.89. The molecular weight excluding hydrogens is 787 g/mol. The third-order valence-corrected chi connectivity index (χ3v) is 12.3. The summed E-state index contributed by atoms with van der Waals surface area (Å²) in [5.41, 5.74) is -0.583. The predicted molar refractivity (Wildman–Crippen MR) is 219 cm³/mol. The highest BCUT2D eigenvalue weighted by Gasteiger charge is 2.31. The molecule has 2 aliphatic rings. The summed E-state index contributed by atoms with van der Waals surface area (Å²) in [5, 5.41) is 15.9. The van der Waals surface area contributed by atoms with Gasteiger partial charge in [-0.05, 0) is 126 Å². The van der Waals surface area contributed by atoms with Gasteiger partial charge in [-0.3, -0.25) is 14.4 Å². The van der Waals surface area contributed by atoms with Crippen LogP contribution in [0.5, 0.6) is 11.5 Å². The van der Waals surface area contributed by atoms with Crippen LogP contribution in [0, 0.1) is 17.8 Å². The van der Waals surface area contributed by atoms with E-state index in [1.165, 1.54) is 31.3 Å². The SMILES string of the molecule is CCOC(=O)[C@H](CNC(=O)CNC(=O)C(CCC1CCN(C(=O)O)CC1)CCC1CCN(C(=O)OC(C)(C)C)CC1)NS(=O)(=O)c1ccc2cc(OC)c(OC)cc2c1. The number of carbonyl (C=O) groups is 5. The van der Waals surface area contributed by atoms with E-state index >= 15 is 0 Å². The molecule has 17 nitrogen and oxygen atoms in total. The number of hydrogen-bond donors (Lipinski definition) is 4. The molecule has 4 N–H and O–H groups in total. The number of fused-ring (bicyclic) bond motifs is 1. The van der Waals surface area contributed by atoms with E-state index in [0.29, 0.717) is 80.1 Å². The first kappa shape index (κ1) is 46.8. The number of likely N-dealkylation sites (tertiary alicyclic amines) is 2. The second kappa shape index (κ2) is 21.4. The molecule has 2 fully saturated rings. The van der Waals surface area contributed by atoms with Crippen LogP contribution in [0.4, 0.5) is 9.59 Å². The molecule has 2 saturated heterocycles. The standard InChI is InChI=1S/C41H61N5O12S/c1-7-57-38(49)33(44-59(53,54)32-13-12-30-23-34(55-5)35(56-6)24-31(30)22-32)25-42-36(47)26-43-37(48)29(10-8-27-14-18-45(19-15-27)39(50)51)11-9-28-16-20-46(21-17-28)40(52)58-41(2,3)4/h12-13,22-24,27-29,33,44H,7-11,14-21,25-26H2,1-6H3,(H,42,47)(H,43,48)(H,50,51)/t29?,33-/m0/s1. The van der Waals surface area contributed by atoms with Crippen LogP contribution in [-0.4, -0.2) is 125 Å². The van der Waals surface area contributed by atoms with E-state index in [4.69, 9.17) is 18.9 Å². The van der Waals surface area contributed by atoms with Crippen LogP contribution in [0.2, 0.25) is 0 Å². The number of esters is 1. The Bertz CT molecular complexity index is 1890. The minimum Gasteiger partial charge on any atom is -0.493 e. The van der Waals surface area contributed by atoms with Gasteiger partial charge >= 0.3 is 18.2 Å². The number of carbonyl (C=O) groups excluding carboxylic acids is 4. The number of ether oxygens (including phenoxy) is 4. The number of carboxylic acid groups (broad SMARTS) is 1. The van der Waals surface area contributed by atoms with E-state index in [1.54, 1.807) is 30.0 Å². The third kappa shape index (κ3) is 14.2. The van der Waals surface area contributed by atoms with Crippen LogP contribution in [0.25, 0.3) is 10.8 Å². The van der Waals surface area contributed by atoms with Gasteiger partial charge in [0.15, 0.2) is 11.5 Å². The number of rotatable bonds is 18. The van der Waals surface area contributed by atoms with Gasteiger partial charge in [-0.2, -0.15) is 4.72 Å². The van der Waals surface area contributed by atoms with Crippen molar-refractivity contribution < 1.29 is 56.4 Å². The second-order valence-electron chi connectivity index (χ2n) is 16.1. The summed E-state index contributed by atoms with van der Waals surface area (Å²) in [6, 6.07) is 6.29. The van der Waals surface area contributed by atoms with E-state index in [-0.39, 0.29) is 29.4 Å². The second-order valence-corrected chi connectivity index (χ2v) is 17.9. The third-order valence-electron chi connectivity index (χ3n) is 10.8. The molecule has 0 bridgehead atoms. The number of methoxy groups -OCH3 is 2. The van der Waals surface area contributed by atoms with Gasteiger partial charge in [0.2, 0.25) is 21.8 Å². The molecule has 4 rings (SSSR count). The Morgan fingerprint density at radius 1 is 0.831 bits per heavy atom. The zero-order valence-corrected chi connectivity index (χ0v) is 35.9. The maximum Gasteiger partial charge on any atom is 0.410 e. The molecule has 59 heavy (non-hydrogen) atoms. The van der Waals surface area contributed by atoms with Gasteiger partial charge in [0.1, 0.15) is 11.6 Å². The first-order chi connectivity index (χ1) is 27.9. The van der Waals surface area contributed by atoms with E-state index < -0.39 is 58.6 Å². The molecule has 328 valence electrons. The highest BCUT2D eigenvalue weighted by Crippen LogP contribution is 2.33. The first-order valence-corrected chi connectivity index (χ1v) is 21.8. The lowest BCUT2D eigenvalue weighted by atomic mass is 9.84. The first-order valence-electron chi connectivity index (χ1n) is 20.3. The van der Waals surface area contributed by atoms with Gasteiger partial charge in [-0.25, -0.2) is 18.0 Å². The molecule has 2 aliphatic heterocycles. The number of sulfonamides is 1. The summed E-state index contributed by atoms with van der Waals surface area (Å²) in [5.74, 6) is -0.784. The topological polar surface area (TPSA) is 219 Å². The molecule has 4 amide bonds. The number of hydrogen-bond acceptors (Lipinski definition) is 11. The Morgan fingerprint density at radius 3 is 1.92 bits per heavy atom. The molecule has 2 atom stereocenters. The molecular formula is C41H61N5O12S. The molecule has 0 radical (unpaired) electrons. The summed E-state index contributed by atoms with van der Waals surface area (Å²) >= 11 is 0. The van der Waals surface area contributed by atoms with Crippen LogP contribution >= 0.6 is 0 Å². The normalized spacial score (nSPS) is 16.5. The highest BCUT2D eigenvalue weighted by atomic mass is 32.2. The number of nitrogens with one attached hydrogen (secondary N) is 3. The van der Waals surface area contributed by atoms with Gasteiger partial charge in [0.25, 0.3) is 0 Å². The van der Waals surface area contributed by atoms with Crippen LogP contribution in [-0.2, 0) is 33.9 Å². The lowest BCUT2D eigenvalue weighted by Gasteiger charge is -2.34. The van der Waals surface area contributed by atoms with Crippen LogP contribution in [0.3, 0.4) is 0 Å². The molecule has 0 spiro atoms. The van der Waals surface area contributed by atoms with Crippen LogP contribution in [0.1, 0.15) is 79.1 Å². The van der Waals surface area contributed by atoms with Crippen molar-refractivity contribution in [2.24, 2.45) is 17.8 Å². The summed E-state index contributed by atoms with van der Waals surface area (Å²) < 4.78 is 50.7. The van der Waals surface area contributed by atoms with Crippen molar-refractivity contribution in [3.05, 3.63) is 30.3 Å². The van der Waals surface area contributed by atoms with Crippen LogP contribution < -0.4 is 24.8 Å². The van der Waals surface area contributed by atoms with E-state index in [0.717, 1.165) is 25.7 Å². The zero-order valence-electron chi connectivity index (χ0n) is 35.0. The zero-order chi connectivity index (χ0) is 43.3. The molecule has 0 aromatic heterocycles. The number of nitrogens with zero attached hydrogens (tertiary/aromatic N) is 2. The summed E-state index contributed by atoms with van der Waals surface area (Å²) in [4.78, 5) is 66.5. The summed E-state index contributed by atoms with van der Waals surface area (Å²) in [6.45, 7) is 8.22. The molecule has 2 heterocycles. The van der Waals surface area contributed by atoms with Crippen LogP contribution in [0.15, 0.2) is 35.2 Å². The van der Waals surface area contributed by atoms with Gasteiger partial charge in [0.05, 0.1) is 32.3 Å². The lowest BCUT2D eigenvalue weighted by molar-refractivity contribution is -0.145. The van der Waals surface area contributed by atoms with Crippen molar-refractivity contribution in [3.63, 3.8) is 0 Å². The van der Waals surface area contributed by atoms with E-state index in [9.17, 15) is 37.5 Å². The van der Waals surface area contributed by atoms with E-state index in [2.05, 4.69) is 15.4 Å². The van der Waals surface area contributed by atoms with Crippen molar-refractivity contribution in [1.82, 2.24) is 25.2 Å². The van der Waals surface area contributed by atoms with E-state index in [1.807, 2.05) is 20.8 Å². The van der Waals surface area contributed by atoms with Crippen molar-refractivity contribution in [3.8, 4) is 11.5 Å².